The first-order valence-electron chi connectivity index (χ1n) is 19.7. The number of nitrogens with zero attached hydrogens (tertiary/aromatic N) is 3. The van der Waals surface area contributed by atoms with Crippen LogP contribution in [0.1, 0.15) is 98.6 Å². The van der Waals surface area contributed by atoms with Crippen molar-refractivity contribution in [2.75, 3.05) is 13.7 Å². The maximum atomic E-state index is 14.9. The zero-order valence-corrected chi connectivity index (χ0v) is 34.8. The van der Waals surface area contributed by atoms with Gasteiger partial charge in [0.25, 0.3) is 5.91 Å². The molecule has 1 saturated heterocycles. The number of amides is 4. The molecule has 17 heteroatoms. The average molecular weight is 815 g/mol. The monoisotopic (exact) mass is 814 g/mol. The maximum Gasteiger partial charge on any atom is 0.408 e. The zero-order chi connectivity index (χ0) is 41.7. The Morgan fingerprint density at radius 3 is 2.47 bits per heavy atom. The van der Waals surface area contributed by atoms with Crippen LogP contribution in [0.25, 0.3) is 11.0 Å². The first-order valence-corrected chi connectivity index (χ1v) is 21.2. The number of aryl methyl sites for hydroxylation is 1. The molecule has 2 aliphatic carbocycles. The van der Waals surface area contributed by atoms with Crippen LogP contribution in [0, 0.1) is 30.5 Å². The van der Waals surface area contributed by atoms with E-state index >= 15 is 0 Å². The van der Waals surface area contributed by atoms with Gasteiger partial charge in [-0.15, -0.1) is 0 Å². The molecule has 4 aliphatic rings. The zero-order valence-electron chi connectivity index (χ0n) is 33.9. The van der Waals surface area contributed by atoms with Crippen molar-refractivity contribution in [2.24, 2.45) is 17.8 Å². The van der Waals surface area contributed by atoms with Gasteiger partial charge >= 0.3 is 6.09 Å². The van der Waals surface area contributed by atoms with Crippen molar-refractivity contribution in [3.63, 3.8) is 0 Å². The second kappa shape index (κ2) is 15.7. The lowest BCUT2D eigenvalue weighted by Crippen LogP contribution is -2.59. The third-order valence-corrected chi connectivity index (χ3v) is 13.8. The van der Waals surface area contributed by atoms with E-state index < -0.39 is 79.6 Å². The van der Waals surface area contributed by atoms with Gasteiger partial charge in [0.15, 0.2) is 11.6 Å². The molecule has 1 aromatic carbocycles. The summed E-state index contributed by atoms with van der Waals surface area (Å²) in [7, 11) is -2.69. The molecule has 0 bridgehead atoms. The molecule has 2 aromatic rings. The molecule has 3 N–H and O–H groups in total. The van der Waals surface area contributed by atoms with Crippen molar-refractivity contribution in [2.45, 2.75) is 134 Å². The van der Waals surface area contributed by atoms with Crippen molar-refractivity contribution in [1.82, 2.24) is 30.2 Å². The Morgan fingerprint density at radius 1 is 1.12 bits per heavy atom. The molecule has 15 nitrogen and oxygen atoms in total. The number of rotatable bonds is 8. The van der Waals surface area contributed by atoms with E-state index in [9.17, 15) is 32.0 Å². The minimum atomic E-state index is -4.03. The normalized spacial score (nSPS) is 29.5. The number of allylic oxidation sites excluding steroid dienone is 1. The molecule has 57 heavy (non-hydrogen) atoms. The Bertz CT molecular complexity index is 2070. The fraction of sp³-hybridized carbons (Fsp3) is 0.650. The van der Waals surface area contributed by atoms with Gasteiger partial charge < -0.3 is 29.7 Å². The van der Waals surface area contributed by atoms with Gasteiger partial charge in [-0.05, 0) is 85.0 Å². The highest BCUT2D eigenvalue weighted by Gasteiger charge is 2.63. The molecule has 3 heterocycles. The second-order valence-electron chi connectivity index (χ2n) is 17.4. The largest absolute Gasteiger partial charge is 0.494 e. The third kappa shape index (κ3) is 8.97. The first kappa shape index (κ1) is 42.1. The van der Waals surface area contributed by atoms with Crippen molar-refractivity contribution < 1.29 is 46.2 Å². The highest BCUT2D eigenvalue weighted by atomic mass is 32.2. The molecule has 2 aliphatic heterocycles. The Balaban J connectivity index is 1.37. The lowest BCUT2D eigenvalue weighted by molar-refractivity contribution is -0.142. The maximum absolute atomic E-state index is 14.9. The minimum absolute atomic E-state index is 0.0332. The minimum Gasteiger partial charge on any atom is -0.494 e. The lowest BCUT2D eigenvalue weighted by atomic mass is 9.85. The van der Waals surface area contributed by atoms with Gasteiger partial charge in [-0.25, -0.2) is 27.6 Å². The number of sulfonamides is 1. The average Bonchev–Trinajstić information content (AvgIpc) is 4.00. The van der Waals surface area contributed by atoms with Crippen LogP contribution < -0.4 is 24.8 Å². The molecule has 0 radical (unpaired) electrons. The lowest BCUT2D eigenvalue weighted by Gasteiger charge is -2.34. The van der Waals surface area contributed by atoms with Gasteiger partial charge in [-0.2, -0.15) is 0 Å². The highest BCUT2D eigenvalue weighted by molar-refractivity contribution is 7.91. The number of methoxy groups -OCH3 is 1. The number of nitrogens with one attached hydrogen (secondary N) is 3. The van der Waals surface area contributed by atoms with E-state index in [1.165, 1.54) is 24.1 Å². The summed E-state index contributed by atoms with van der Waals surface area (Å²) in [4.78, 5) is 67.1. The smallest absolute Gasteiger partial charge is 0.408 e. The highest BCUT2D eigenvalue weighted by Crippen LogP contribution is 2.47. The fourth-order valence-electron chi connectivity index (χ4n) is 7.81. The van der Waals surface area contributed by atoms with Crippen LogP contribution in [0.15, 0.2) is 24.3 Å². The summed E-state index contributed by atoms with van der Waals surface area (Å²) in [6, 6.07) is 0.328. The molecule has 4 amide bonds. The summed E-state index contributed by atoms with van der Waals surface area (Å²) in [6.45, 7) is 12.3. The van der Waals surface area contributed by atoms with E-state index in [1.54, 1.807) is 34.6 Å². The van der Waals surface area contributed by atoms with Crippen LogP contribution in [0.4, 0.5) is 9.18 Å². The summed E-state index contributed by atoms with van der Waals surface area (Å²) in [5.41, 5.74) is -1.51. The number of carbonyl (C=O) groups excluding carboxylic acids is 4. The predicted octanol–water partition coefficient (Wildman–Crippen LogP) is 4.60. The van der Waals surface area contributed by atoms with Gasteiger partial charge in [-0.1, -0.05) is 32.4 Å². The van der Waals surface area contributed by atoms with E-state index in [0.717, 1.165) is 6.42 Å². The van der Waals surface area contributed by atoms with E-state index in [0.29, 0.717) is 43.3 Å². The van der Waals surface area contributed by atoms with Crippen molar-refractivity contribution >= 4 is 44.9 Å². The van der Waals surface area contributed by atoms with Gasteiger partial charge in [-0.3, -0.25) is 19.1 Å². The summed E-state index contributed by atoms with van der Waals surface area (Å²) in [5, 5.41) is 5.71. The fourth-order valence-corrected chi connectivity index (χ4v) is 9.12. The molecule has 3 fully saturated rings. The molecule has 6 rings (SSSR count). The Kier molecular flexibility index (Phi) is 11.6. The molecule has 0 unspecified atom stereocenters. The van der Waals surface area contributed by atoms with Crippen molar-refractivity contribution in [3.8, 4) is 11.6 Å². The van der Waals surface area contributed by atoms with Gasteiger partial charge in [0.2, 0.25) is 27.7 Å². The third-order valence-electron chi connectivity index (χ3n) is 11.6. The van der Waals surface area contributed by atoms with Gasteiger partial charge in [0.05, 0.1) is 29.4 Å². The Labute approximate surface area is 333 Å². The van der Waals surface area contributed by atoms with Crippen LogP contribution >= 0.6 is 0 Å². The number of ether oxygens (including phenoxy) is 3. The molecule has 312 valence electrons. The van der Waals surface area contributed by atoms with Crippen molar-refractivity contribution in [3.05, 3.63) is 35.8 Å². The van der Waals surface area contributed by atoms with Crippen LogP contribution in [-0.2, 0) is 29.1 Å². The molecule has 1 aromatic heterocycles. The summed E-state index contributed by atoms with van der Waals surface area (Å²) in [5.74, 6) is -3.26. The number of halogens is 1. The van der Waals surface area contributed by atoms with E-state index in [1.807, 2.05) is 19.1 Å². The van der Waals surface area contributed by atoms with Gasteiger partial charge in [0.1, 0.15) is 35.0 Å². The Morgan fingerprint density at radius 2 is 1.82 bits per heavy atom. The number of hydrogen-bond donors (Lipinski definition) is 3. The molecular weight excluding hydrogens is 760 g/mol. The van der Waals surface area contributed by atoms with Gasteiger partial charge in [0, 0.05) is 24.5 Å². The number of fused-ring (bicyclic) bond motifs is 3. The molecule has 7 atom stereocenters. The quantitative estimate of drug-likeness (QED) is 0.315. The number of aromatic nitrogens is 2. The van der Waals surface area contributed by atoms with Crippen LogP contribution in [0.2, 0.25) is 0 Å². The molecule has 0 spiro atoms. The summed E-state index contributed by atoms with van der Waals surface area (Å²) < 4.78 is 59.2. The topological polar surface area (TPSA) is 195 Å². The van der Waals surface area contributed by atoms with E-state index in [4.69, 9.17) is 14.2 Å². The van der Waals surface area contributed by atoms with E-state index in [2.05, 4.69) is 32.2 Å². The predicted molar refractivity (Wildman–Crippen MR) is 208 cm³/mol. The molecular formula is C40H55FN6O9S. The SMILES string of the molecule is CC[C@@H]1C[C@H](C)CC/C=C\[C@@H]2C[C@@]2(C(=O)NS(=O)(=O)C2(C)CC2)NC(=O)[C@@H]2C[C@@H](Oc3nc4cc(OC)c(F)cc4nc3C)CN2C(=O)[C@H]1NC(=O)OC(C)(C)C. The van der Waals surface area contributed by atoms with Crippen LogP contribution in [0.3, 0.4) is 0 Å². The van der Waals surface area contributed by atoms with Crippen molar-refractivity contribution in [1.29, 1.82) is 0 Å². The number of benzene rings is 1. The number of hydrogen-bond acceptors (Lipinski definition) is 11. The summed E-state index contributed by atoms with van der Waals surface area (Å²) in [6.07, 6.45) is 5.69. The van der Waals surface area contributed by atoms with E-state index in [-0.39, 0.29) is 48.4 Å². The number of carbonyl (C=O) groups is 4. The Hall–Kier alpha value is -4.54. The first-order chi connectivity index (χ1) is 26.7. The standard InChI is InChI=1S/C40H55FN6O9S/c1-9-24-16-22(2)12-10-11-13-25-20-40(25,36(50)46-57(52,53)39(7)14-15-39)45-33(48)30-17-26(21-47(30)35(49)32(24)44-37(51)56-38(4,5)6)55-34-23(3)42-28-18-27(41)31(54-8)19-29(28)43-34/h11,13,18-19,22,24-26,30,32H,9-10,12,14-17,20-21H2,1-8H3,(H,44,51)(H,45,48)(H,46,50)/b13-11-/t22-,24-,25-,26-,30+,32+,40-/m1/s1. The second-order valence-corrected chi connectivity index (χ2v) is 19.6. The van der Waals surface area contributed by atoms with Crippen LogP contribution in [0.5, 0.6) is 11.6 Å². The van der Waals surface area contributed by atoms with Crippen LogP contribution in [-0.4, -0.2) is 94.8 Å². The summed E-state index contributed by atoms with van der Waals surface area (Å²) >= 11 is 0. The number of alkyl carbamates (subject to hydrolysis) is 1. The molecule has 2 saturated carbocycles.